The number of nitrogens with zero attached hydrogens (tertiary/aromatic N) is 1. The van der Waals surface area contributed by atoms with Crippen LogP contribution in [0.3, 0.4) is 0 Å². The summed E-state index contributed by atoms with van der Waals surface area (Å²) in [5.41, 5.74) is 0.591. The van der Waals surface area contributed by atoms with Crippen molar-refractivity contribution in [1.29, 1.82) is 0 Å². The zero-order chi connectivity index (χ0) is 18.8. The lowest BCUT2D eigenvalue weighted by Gasteiger charge is -2.32. The molecule has 26 heavy (non-hydrogen) atoms. The first-order valence-electron chi connectivity index (χ1n) is 8.03. The van der Waals surface area contributed by atoms with E-state index in [2.05, 4.69) is 5.32 Å². The second-order valence-corrected chi connectivity index (χ2v) is 5.92. The zero-order valence-corrected chi connectivity index (χ0v) is 14.3. The first-order chi connectivity index (χ1) is 12.4. The average Bonchev–Trinajstić information content (AvgIpc) is 2.98. The van der Waals surface area contributed by atoms with Crippen molar-refractivity contribution in [2.75, 3.05) is 11.4 Å². The van der Waals surface area contributed by atoms with Crippen molar-refractivity contribution in [3.63, 3.8) is 0 Å². The number of fused-ring (bicyclic) bond motifs is 1. The Kier molecular flexibility index (Phi) is 4.66. The fourth-order valence-electron chi connectivity index (χ4n) is 2.75. The number of carboxylic acids is 1. The molecule has 1 aromatic carbocycles. The van der Waals surface area contributed by atoms with Gasteiger partial charge in [-0.1, -0.05) is 12.1 Å². The first-order valence-corrected chi connectivity index (χ1v) is 8.03. The molecule has 8 heteroatoms. The third kappa shape index (κ3) is 3.39. The van der Waals surface area contributed by atoms with Crippen molar-refractivity contribution in [2.45, 2.75) is 26.5 Å². The van der Waals surface area contributed by atoms with Crippen molar-refractivity contribution >= 4 is 23.5 Å². The summed E-state index contributed by atoms with van der Waals surface area (Å²) in [5, 5.41) is 11.6. The van der Waals surface area contributed by atoms with Crippen LogP contribution in [0.5, 0.6) is 5.75 Å². The lowest BCUT2D eigenvalue weighted by Crippen LogP contribution is -2.48. The molecule has 0 spiro atoms. The lowest BCUT2D eigenvalue weighted by molar-refractivity contribution is -0.128. The highest BCUT2D eigenvalue weighted by Crippen LogP contribution is 2.33. The molecular weight excluding hydrogens is 340 g/mol. The van der Waals surface area contributed by atoms with E-state index in [0.717, 1.165) is 0 Å². The van der Waals surface area contributed by atoms with Gasteiger partial charge in [0.1, 0.15) is 29.4 Å². The van der Waals surface area contributed by atoms with Gasteiger partial charge in [0.05, 0.1) is 12.2 Å². The predicted molar refractivity (Wildman–Crippen MR) is 91.1 cm³/mol. The van der Waals surface area contributed by atoms with Crippen LogP contribution < -0.4 is 15.0 Å². The highest BCUT2D eigenvalue weighted by molar-refractivity contribution is 6.03. The molecule has 2 amide bonds. The molecule has 0 aliphatic carbocycles. The second-order valence-electron chi connectivity index (χ2n) is 5.92. The third-order valence-electron chi connectivity index (χ3n) is 4.03. The van der Waals surface area contributed by atoms with Crippen LogP contribution in [0.4, 0.5) is 5.69 Å². The smallest absolute Gasteiger partial charge is 0.339 e. The first kappa shape index (κ1) is 17.5. The van der Waals surface area contributed by atoms with Gasteiger partial charge in [-0.05, 0) is 32.0 Å². The van der Waals surface area contributed by atoms with Crippen molar-refractivity contribution < 1.29 is 28.6 Å². The Hall–Kier alpha value is -3.29. The Balaban J connectivity index is 1.67. The third-order valence-corrected chi connectivity index (χ3v) is 4.03. The van der Waals surface area contributed by atoms with Gasteiger partial charge in [-0.25, -0.2) is 4.79 Å². The minimum Gasteiger partial charge on any atom is -0.479 e. The molecule has 1 aliphatic rings. The number of carbonyl (C=O) groups is 3. The number of aromatic carboxylic acids is 1. The molecule has 1 atom stereocenters. The van der Waals surface area contributed by atoms with E-state index < -0.39 is 18.0 Å². The molecule has 3 rings (SSSR count). The number of ether oxygens (including phenoxy) is 1. The summed E-state index contributed by atoms with van der Waals surface area (Å²) >= 11 is 0. The summed E-state index contributed by atoms with van der Waals surface area (Å²) in [5.74, 6) is -0.647. The van der Waals surface area contributed by atoms with Gasteiger partial charge in [-0.2, -0.15) is 0 Å². The van der Waals surface area contributed by atoms with Crippen LogP contribution in [0.25, 0.3) is 0 Å². The summed E-state index contributed by atoms with van der Waals surface area (Å²) in [4.78, 5) is 37.0. The number of hydrogen-bond acceptors (Lipinski definition) is 5. The number of aryl methyl sites for hydroxylation is 1. The Bertz CT molecular complexity index is 872. The van der Waals surface area contributed by atoms with E-state index in [1.165, 1.54) is 11.0 Å². The summed E-state index contributed by atoms with van der Waals surface area (Å²) in [6.07, 6.45) is -0.677. The number of benzene rings is 1. The number of nitrogens with one attached hydrogen (secondary N) is 1. The van der Waals surface area contributed by atoms with Gasteiger partial charge < -0.3 is 19.6 Å². The summed E-state index contributed by atoms with van der Waals surface area (Å²) in [6.45, 7) is 3.03. The largest absolute Gasteiger partial charge is 0.479 e. The van der Waals surface area contributed by atoms with Gasteiger partial charge in [0.25, 0.3) is 5.91 Å². The number of carboxylic acid groups (broad SMARTS) is 1. The number of para-hydroxylation sites is 2. The highest BCUT2D eigenvalue weighted by Gasteiger charge is 2.32. The molecule has 8 nitrogen and oxygen atoms in total. The molecule has 1 aliphatic heterocycles. The maximum atomic E-state index is 12.4. The number of carbonyl (C=O) groups excluding carboxylic acids is 2. The summed E-state index contributed by atoms with van der Waals surface area (Å²) < 4.78 is 10.8. The minimum atomic E-state index is -1.09. The van der Waals surface area contributed by atoms with Crippen molar-refractivity contribution in [3.8, 4) is 5.75 Å². The Morgan fingerprint density at radius 2 is 2.04 bits per heavy atom. The number of rotatable bonds is 5. The van der Waals surface area contributed by atoms with E-state index in [1.54, 1.807) is 38.1 Å². The van der Waals surface area contributed by atoms with E-state index in [1.807, 2.05) is 0 Å². The van der Waals surface area contributed by atoms with Gasteiger partial charge in [-0.3, -0.25) is 14.5 Å². The van der Waals surface area contributed by atoms with E-state index >= 15 is 0 Å². The van der Waals surface area contributed by atoms with E-state index in [9.17, 15) is 14.4 Å². The molecule has 0 fully saturated rings. The normalized spacial score (nSPS) is 16.0. The van der Waals surface area contributed by atoms with E-state index in [4.69, 9.17) is 14.3 Å². The van der Waals surface area contributed by atoms with Crippen LogP contribution in [0.1, 0.15) is 28.8 Å². The predicted octanol–water partition coefficient (Wildman–Crippen LogP) is 1.72. The molecule has 0 bridgehead atoms. The zero-order valence-electron chi connectivity index (χ0n) is 14.3. The number of anilines is 1. The maximum absolute atomic E-state index is 12.4. The second kappa shape index (κ2) is 6.91. The SMILES string of the molecule is Cc1oc(CNC(=O)CN2C(=O)C(C)Oc3ccccc32)cc1C(=O)O. The molecule has 1 aromatic heterocycles. The Labute approximate surface area is 149 Å². The maximum Gasteiger partial charge on any atom is 0.339 e. The molecule has 1 unspecified atom stereocenters. The topological polar surface area (TPSA) is 109 Å². The minimum absolute atomic E-state index is 0.0304. The van der Waals surface area contributed by atoms with Crippen molar-refractivity contribution in [1.82, 2.24) is 5.32 Å². The quantitative estimate of drug-likeness (QED) is 0.842. The molecule has 2 aromatic rings. The van der Waals surface area contributed by atoms with Crippen LogP contribution in [0, 0.1) is 6.92 Å². The van der Waals surface area contributed by atoms with Gasteiger partial charge in [0, 0.05) is 0 Å². The van der Waals surface area contributed by atoms with Gasteiger partial charge in [0.15, 0.2) is 6.10 Å². The van der Waals surface area contributed by atoms with Gasteiger partial charge >= 0.3 is 5.97 Å². The molecule has 136 valence electrons. The molecule has 0 saturated carbocycles. The molecule has 0 saturated heterocycles. The standard InChI is InChI=1S/C18H18N2O6/c1-10-13(18(23)24)7-12(25-10)8-19-16(21)9-20-14-5-3-4-6-15(14)26-11(2)17(20)22/h3-7,11H,8-9H2,1-2H3,(H,19,21)(H,23,24). The lowest BCUT2D eigenvalue weighted by atomic mass is 10.2. The van der Waals surface area contributed by atoms with E-state index in [-0.39, 0.29) is 30.3 Å². The van der Waals surface area contributed by atoms with Gasteiger partial charge in [0.2, 0.25) is 5.91 Å². The Morgan fingerprint density at radius 3 is 2.73 bits per heavy atom. The fraction of sp³-hybridized carbons (Fsp3) is 0.278. The van der Waals surface area contributed by atoms with Crippen molar-refractivity contribution in [3.05, 3.63) is 47.4 Å². The average molecular weight is 358 g/mol. The number of amides is 2. The van der Waals surface area contributed by atoms with Crippen LogP contribution in [0.2, 0.25) is 0 Å². The summed E-state index contributed by atoms with van der Waals surface area (Å²) in [7, 11) is 0. The summed E-state index contributed by atoms with van der Waals surface area (Å²) in [6, 6.07) is 8.37. The number of hydrogen-bond donors (Lipinski definition) is 2. The van der Waals surface area contributed by atoms with Crippen LogP contribution in [-0.2, 0) is 16.1 Å². The molecular formula is C18H18N2O6. The Morgan fingerprint density at radius 1 is 1.31 bits per heavy atom. The van der Waals surface area contributed by atoms with Crippen molar-refractivity contribution in [2.24, 2.45) is 0 Å². The highest BCUT2D eigenvalue weighted by atomic mass is 16.5. The van der Waals surface area contributed by atoms with Crippen LogP contribution in [0.15, 0.2) is 34.7 Å². The monoisotopic (exact) mass is 358 g/mol. The fourth-order valence-corrected chi connectivity index (χ4v) is 2.75. The van der Waals surface area contributed by atoms with E-state index in [0.29, 0.717) is 17.2 Å². The van der Waals surface area contributed by atoms with Gasteiger partial charge in [-0.15, -0.1) is 0 Å². The van der Waals surface area contributed by atoms with Crippen LogP contribution in [-0.4, -0.2) is 35.5 Å². The molecule has 2 heterocycles. The number of furan rings is 1. The molecule has 2 N–H and O–H groups in total. The molecule has 0 radical (unpaired) electrons. The van der Waals surface area contributed by atoms with Crippen LogP contribution >= 0.6 is 0 Å².